The second kappa shape index (κ2) is 6.67. The molecule has 1 aliphatic heterocycles. The van der Waals surface area contributed by atoms with Gasteiger partial charge in [-0.1, -0.05) is 24.3 Å². The van der Waals surface area contributed by atoms with Crippen molar-refractivity contribution in [2.45, 2.75) is 50.5 Å². The van der Waals surface area contributed by atoms with Gasteiger partial charge in [0.15, 0.2) is 0 Å². The number of hydrogen-bond donors (Lipinski definition) is 0. The molecule has 0 radical (unpaired) electrons. The minimum Gasteiger partial charge on any atom is -0.375 e. The van der Waals surface area contributed by atoms with Gasteiger partial charge in [-0.25, -0.2) is 0 Å². The Kier molecular flexibility index (Phi) is 4.20. The number of nitrogens with zero attached hydrogens (tertiary/aromatic N) is 2. The number of hydrogen-bond acceptors (Lipinski definition) is 4. The smallest absolute Gasteiger partial charge is 0.0992 e. The third-order valence-electron chi connectivity index (χ3n) is 5.91. The summed E-state index contributed by atoms with van der Waals surface area (Å²) >= 11 is 0. The molecule has 2 aromatic rings. The van der Waals surface area contributed by atoms with Crippen molar-refractivity contribution in [1.82, 2.24) is 9.88 Å². The highest BCUT2D eigenvalue weighted by Gasteiger charge is 2.43. The SMILES string of the molecule is c1ccc2nc(CN3CCO[C@H]4[C@@H](OCC5CC5)CC[C@@H]43)ccc2c1. The molecule has 0 N–H and O–H groups in total. The Morgan fingerprint density at radius 1 is 1.08 bits per heavy atom. The molecule has 1 saturated heterocycles. The average molecular weight is 338 g/mol. The number of para-hydroxylation sites is 1. The number of morpholine rings is 1. The van der Waals surface area contributed by atoms with E-state index in [0.29, 0.717) is 6.04 Å². The van der Waals surface area contributed by atoms with Crippen molar-refractivity contribution >= 4 is 10.9 Å². The van der Waals surface area contributed by atoms with E-state index >= 15 is 0 Å². The summed E-state index contributed by atoms with van der Waals surface area (Å²) in [5.74, 6) is 0.820. The first-order valence-corrected chi connectivity index (χ1v) is 9.69. The van der Waals surface area contributed by atoms with Crippen LogP contribution in [-0.4, -0.2) is 47.9 Å². The van der Waals surface area contributed by atoms with Crippen molar-refractivity contribution in [1.29, 1.82) is 0 Å². The number of pyridine rings is 1. The first-order chi connectivity index (χ1) is 12.4. The summed E-state index contributed by atoms with van der Waals surface area (Å²) in [7, 11) is 0. The van der Waals surface area contributed by atoms with Gasteiger partial charge in [0.25, 0.3) is 0 Å². The van der Waals surface area contributed by atoms with E-state index in [-0.39, 0.29) is 12.2 Å². The van der Waals surface area contributed by atoms with Crippen LogP contribution in [0, 0.1) is 5.92 Å². The fourth-order valence-corrected chi connectivity index (χ4v) is 4.32. The maximum Gasteiger partial charge on any atom is 0.0992 e. The second-order valence-corrected chi connectivity index (χ2v) is 7.76. The van der Waals surface area contributed by atoms with Gasteiger partial charge in [-0.2, -0.15) is 0 Å². The molecule has 3 fully saturated rings. The number of benzene rings is 1. The number of fused-ring (bicyclic) bond motifs is 2. The van der Waals surface area contributed by atoms with Crippen molar-refractivity contribution in [3.8, 4) is 0 Å². The number of ether oxygens (including phenoxy) is 2. The Labute approximate surface area is 149 Å². The van der Waals surface area contributed by atoms with E-state index in [1.54, 1.807) is 0 Å². The van der Waals surface area contributed by atoms with E-state index in [4.69, 9.17) is 14.5 Å². The third kappa shape index (κ3) is 3.31. The number of rotatable bonds is 5. The second-order valence-electron chi connectivity index (χ2n) is 7.76. The predicted molar refractivity (Wildman–Crippen MR) is 97.4 cm³/mol. The fourth-order valence-electron chi connectivity index (χ4n) is 4.32. The van der Waals surface area contributed by atoms with E-state index in [2.05, 4.69) is 41.3 Å². The van der Waals surface area contributed by atoms with Gasteiger partial charge in [-0.05, 0) is 43.7 Å². The lowest BCUT2D eigenvalue weighted by atomic mass is 10.1. The lowest BCUT2D eigenvalue weighted by molar-refractivity contribution is -0.116. The average Bonchev–Trinajstić information content (AvgIpc) is 3.39. The molecule has 2 heterocycles. The summed E-state index contributed by atoms with van der Waals surface area (Å²) in [5, 5.41) is 1.21. The fraction of sp³-hybridized carbons (Fsp3) is 0.571. The first-order valence-electron chi connectivity index (χ1n) is 9.69. The maximum absolute atomic E-state index is 6.19. The minimum atomic E-state index is 0.243. The molecule has 5 rings (SSSR count). The zero-order valence-corrected chi connectivity index (χ0v) is 14.6. The molecule has 25 heavy (non-hydrogen) atoms. The van der Waals surface area contributed by atoms with Crippen LogP contribution in [0.4, 0.5) is 0 Å². The Morgan fingerprint density at radius 3 is 2.92 bits per heavy atom. The van der Waals surface area contributed by atoms with Crippen molar-refractivity contribution in [3.63, 3.8) is 0 Å². The Bertz CT molecular complexity index is 746. The Hall–Kier alpha value is -1.49. The van der Waals surface area contributed by atoms with E-state index in [1.807, 2.05) is 0 Å². The van der Waals surface area contributed by atoms with Gasteiger partial charge in [0.1, 0.15) is 0 Å². The molecule has 1 aromatic carbocycles. The molecule has 2 saturated carbocycles. The van der Waals surface area contributed by atoms with Gasteiger partial charge in [-0.15, -0.1) is 0 Å². The van der Waals surface area contributed by atoms with E-state index in [1.165, 1.54) is 24.6 Å². The molecule has 4 nitrogen and oxygen atoms in total. The summed E-state index contributed by atoms with van der Waals surface area (Å²) < 4.78 is 12.3. The Balaban J connectivity index is 1.28. The van der Waals surface area contributed by atoms with Crippen molar-refractivity contribution in [2.24, 2.45) is 5.92 Å². The lowest BCUT2D eigenvalue weighted by Crippen LogP contribution is -2.51. The van der Waals surface area contributed by atoms with E-state index in [9.17, 15) is 0 Å². The van der Waals surface area contributed by atoms with E-state index < -0.39 is 0 Å². The summed E-state index contributed by atoms with van der Waals surface area (Å²) in [6, 6.07) is 13.2. The monoisotopic (exact) mass is 338 g/mol. The van der Waals surface area contributed by atoms with Gasteiger partial charge in [0, 0.05) is 31.1 Å². The van der Waals surface area contributed by atoms with Gasteiger partial charge < -0.3 is 9.47 Å². The molecular weight excluding hydrogens is 312 g/mol. The van der Waals surface area contributed by atoms with Crippen LogP contribution in [0.5, 0.6) is 0 Å². The van der Waals surface area contributed by atoms with Crippen LogP contribution in [0.1, 0.15) is 31.4 Å². The molecule has 4 heteroatoms. The molecule has 0 amide bonds. The van der Waals surface area contributed by atoms with Crippen LogP contribution in [0.25, 0.3) is 10.9 Å². The summed E-state index contributed by atoms with van der Waals surface area (Å²) in [6.45, 7) is 3.64. The molecule has 0 spiro atoms. The van der Waals surface area contributed by atoms with Crippen molar-refractivity contribution in [2.75, 3.05) is 19.8 Å². The topological polar surface area (TPSA) is 34.6 Å². The van der Waals surface area contributed by atoms with Crippen LogP contribution < -0.4 is 0 Å². The zero-order valence-electron chi connectivity index (χ0n) is 14.6. The molecule has 2 aliphatic carbocycles. The zero-order chi connectivity index (χ0) is 16.6. The van der Waals surface area contributed by atoms with Crippen LogP contribution in [0.3, 0.4) is 0 Å². The predicted octanol–water partition coefficient (Wildman–Crippen LogP) is 3.39. The highest BCUT2D eigenvalue weighted by Crippen LogP contribution is 2.35. The van der Waals surface area contributed by atoms with Crippen LogP contribution in [-0.2, 0) is 16.0 Å². The van der Waals surface area contributed by atoms with Gasteiger partial charge in [0.05, 0.1) is 30.0 Å². The van der Waals surface area contributed by atoms with Crippen molar-refractivity contribution < 1.29 is 9.47 Å². The summed E-state index contributed by atoms with van der Waals surface area (Å²) in [6.07, 6.45) is 5.53. The highest BCUT2D eigenvalue weighted by molar-refractivity contribution is 5.78. The van der Waals surface area contributed by atoms with E-state index in [0.717, 1.165) is 49.9 Å². The first kappa shape index (κ1) is 15.7. The molecule has 1 aromatic heterocycles. The van der Waals surface area contributed by atoms with Crippen LogP contribution in [0.15, 0.2) is 36.4 Å². The van der Waals surface area contributed by atoms with Crippen molar-refractivity contribution in [3.05, 3.63) is 42.1 Å². The molecule has 0 unspecified atom stereocenters. The molecular formula is C21H26N2O2. The molecule has 3 aliphatic rings. The van der Waals surface area contributed by atoms with Gasteiger partial charge >= 0.3 is 0 Å². The van der Waals surface area contributed by atoms with Gasteiger partial charge in [-0.3, -0.25) is 9.88 Å². The summed E-state index contributed by atoms with van der Waals surface area (Å²) in [4.78, 5) is 7.42. The third-order valence-corrected chi connectivity index (χ3v) is 5.91. The lowest BCUT2D eigenvalue weighted by Gasteiger charge is -2.39. The highest BCUT2D eigenvalue weighted by atomic mass is 16.5. The largest absolute Gasteiger partial charge is 0.375 e. The number of aromatic nitrogens is 1. The normalized spacial score (nSPS) is 29.8. The minimum absolute atomic E-state index is 0.243. The van der Waals surface area contributed by atoms with Crippen LogP contribution in [0.2, 0.25) is 0 Å². The molecule has 3 atom stereocenters. The quantitative estimate of drug-likeness (QED) is 0.837. The molecule has 0 bridgehead atoms. The maximum atomic E-state index is 6.19. The van der Waals surface area contributed by atoms with Crippen LogP contribution >= 0.6 is 0 Å². The van der Waals surface area contributed by atoms with Gasteiger partial charge in [0.2, 0.25) is 0 Å². The Morgan fingerprint density at radius 2 is 2.00 bits per heavy atom. The summed E-state index contributed by atoms with van der Waals surface area (Å²) in [5.41, 5.74) is 2.24. The molecule has 132 valence electrons. The standard InChI is InChI=1S/C21H26N2O2/c1-2-4-18-16(3-1)7-8-17(22-18)13-23-11-12-24-21-19(23)9-10-20(21)25-14-15-5-6-15/h1-4,7-8,15,19-21H,5-6,9-14H2/t19-,20-,21+/m0/s1.